The minimum atomic E-state index is -0.989. The number of aromatic carboxylic acids is 1. The van der Waals surface area contributed by atoms with E-state index in [4.69, 9.17) is 16.7 Å². The average Bonchev–Trinajstić information content (AvgIpc) is 2.45. The zero-order valence-corrected chi connectivity index (χ0v) is 12.2. The minimum Gasteiger partial charge on any atom is -0.478 e. The average molecular weight is 324 g/mol. The molecule has 0 spiro atoms. The maximum atomic E-state index is 11.0. The zero-order chi connectivity index (χ0) is 15.4. The summed E-state index contributed by atoms with van der Waals surface area (Å²) in [6.45, 7) is 0. The monoisotopic (exact) mass is 323 g/mol. The molecule has 2 rings (SSSR count). The van der Waals surface area contributed by atoms with E-state index in [1.807, 2.05) is 0 Å². The van der Waals surface area contributed by atoms with Gasteiger partial charge in [-0.3, -0.25) is 10.1 Å². The maximum Gasteiger partial charge on any atom is 0.335 e. The van der Waals surface area contributed by atoms with Crippen molar-refractivity contribution in [1.82, 2.24) is 0 Å². The second-order valence-electron chi connectivity index (χ2n) is 4.15. The van der Waals surface area contributed by atoms with Crippen LogP contribution in [0, 0.1) is 10.1 Å². The van der Waals surface area contributed by atoms with Crippen molar-refractivity contribution in [3.63, 3.8) is 0 Å². The maximum absolute atomic E-state index is 11.0. The molecular formula is C14H10ClNO4S. The first kappa shape index (κ1) is 15.3. The highest BCUT2D eigenvalue weighted by atomic mass is 35.5. The van der Waals surface area contributed by atoms with E-state index in [9.17, 15) is 14.9 Å². The number of thioether (sulfide) groups is 1. The Hall–Kier alpha value is -2.05. The quantitative estimate of drug-likeness (QED) is 0.505. The van der Waals surface area contributed by atoms with Crippen molar-refractivity contribution in [1.29, 1.82) is 0 Å². The third kappa shape index (κ3) is 3.96. The van der Waals surface area contributed by atoms with E-state index in [-0.39, 0.29) is 11.3 Å². The SMILES string of the molecule is O=C(O)c1ccc(SCc2cc(Cl)ccc2[N+](=O)[O-])cc1. The largest absolute Gasteiger partial charge is 0.478 e. The third-order valence-corrected chi connectivity index (χ3v) is 4.03. The summed E-state index contributed by atoms with van der Waals surface area (Å²) in [4.78, 5) is 22.1. The van der Waals surface area contributed by atoms with Gasteiger partial charge < -0.3 is 5.11 Å². The van der Waals surface area contributed by atoms with Crippen molar-refractivity contribution in [2.24, 2.45) is 0 Å². The van der Waals surface area contributed by atoms with Crippen molar-refractivity contribution >= 4 is 35.0 Å². The smallest absolute Gasteiger partial charge is 0.335 e. The lowest BCUT2D eigenvalue weighted by atomic mass is 10.2. The Balaban J connectivity index is 2.14. The number of halogens is 1. The van der Waals surface area contributed by atoms with Crippen molar-refractivity contribution in [2.75, 3.05) is 0 Å². The highest BCUT2D eigenvalue weighted by Gasteiger charge is 2.14. The summed E-state index contributed by atoms with van der Waals surface area (Å²) in [6, 6.07) is 10.8. The van der Waals surface area contributed by atoms with Crippen LogP contribution in [0.2, 0.25) is 5.02 Å². The molecule has 0 saturated carbocycles. The van der Waals surface area contributed by atoms with Crippen molar-refractivity contribution in [3.05, 3.63) is 68.7 Å². The molecule has 0 atom stereocenters. The molecule has 2 aromatic carbocycles. The minimum absolute atomic E-state index is 0.0223. The van der Waals surface area contributed by atoms with Crippen LogP contribution in [0.4, 0.5) is 5.69 Å². The lowest BCUT2D eigenvalue weighted by Gasteiger charge is -2.04. The molecule has 0 amide bonds. The summed E-state index contributed by atoms with van der Waals surface area (Å²) in [6.07, 6.45) is 0. The van der Waals surface area contributed by atoms with Crippen LogP contribution in [-0.4, -0.2) is 16.0 Å². The van der Waals surface area contributed by atoms with Crippen molar-refractivity contribution in [3.8, 4) is 0 Å². The topological polar surface area (TPSA) is 80.4 Å². The van der Waals surface area contributed by atoms with Gasteiger partial charge in [-0.05, 0) is 36.4 Å². The van der Waals surface area contributed by atoms with Gasteiger partial charge in [0.2, 0.25) is 0 Å². The van der Waals surface area contributed by atoms with Gasteiger partial charge >= 0.3 is 5.97 Å². The number of nitrogens with zero attached hydrogens (tertiary/aromatic N) is 1. The summed E-state index contributed by atoms with van der Waals surface area (Å²) in [5.74, 6) is -0.611. The van der Waals surface area contributed by atoms with Gasteiger partial charge in [-0.25, -0.2) is 4.79 Å². The summed E-state index contributed by atoms with van der Waals surface area (Å²) in [5, 5.41) is 20.2. The normalized spacial score (nSPS) is 10.3. The molecule has 0 aliphatic rings. The molecule has 21 heavy (non-hydrogen) atoms. The second-order valence-corrected chi connectivity index (χ2v) is 5.63. The van der Waals surface area contributed by atoms with E-state index < -0.39 is 10.9 Å². The summed E-state index contributed by atoms with van der Waals surface area (Å²) >= 11 is 7.24. The molecular weight excluding hydrogens is 314 g/mol. The molecule has 0 aliphatic carbocycles. The summed E-state index contributed by atoms with van der Waals surface area (Å²) < 4.78 is 0. The number of nitro benzene ring substituents is 1. The van der Waals surface area contributed by atoms with Gasteiger partial charge in [0.25, 0.3) is 5.69 Å². The number of hydrogen-bond donors (Lipinski definition) is 1. The fourth-order valence-corrected chi connectivity index (χ4v) is 2.78. The molecule has 0 saturated heterocycles. The molecule has 0 fully saturated rings. The number of hydrogen-bond acceptors (Lipinski definition) is 4. The van der Waals surface area contributed by atoms with Crippen LogP contribution in [0.15, 0.2) is 47.4 Å². The third-order valence-electron chi connectivity index (χ3n) is 2.73. The fraction of sp³-hybridized carbons (Fsp3) is 0.0714. The van der Waals surface area contributed by atoms with Crippen LogP contribution < -0.4 is 0 Å². The van der Waals surface area contributed by atoms with E-state index in [1.54, 1.807) is 18.2 Å². The number of carboxylic acid groups (broad SMARTS) is 1. The molecule has 0 unspecified atom stereocenters. The van der Waals surface area contributed by atoms with E-state index in [0.29, 0.717) is 16.3 Å². The molecule has 0 heterocycles. The van der Waals surface area contributed by atoms with Gasteiger partial charge in [-0.15, -0.1) is 11.8 Å². The molecule has 0 aromatic heterocycles. The molecule has 1 N–H and O–H groups in total. The van der Waals surface area contributed by atoms with Crippen LogP contribution in [-0.2, 0) is 5.75 Å². The molecule has 108 valence electrons. The first-order chi connectivity index (χ1) is 9.97. The number of carbonyl (C=O) groups is 1. The zero-order valence-electron chi connectivity index (χ0n) is 10.7. The molecule has 7 heteroatoms. The highest BCUT2D eigenvalue weighted by molar-refractivity contribution is 7.98. The molecule has 0 radical (unpaired) electrons. The highest BCUT2D eigenvalue weighted by Crippen LogP contribution is 2.30. The Morgan fingerprint density at radius 3 is 2.48 bits per heavy atom. The van der Waals surface area contributed by atoms with Gasteiger partial charge in [0.05, 0.1) is 10.5 Å². The van der Waals surface area contributed by atoms with E-state index >= 15 is 0 Å². The standard InChI is InChI=1S/C14H10ClNO4S/c15-11-3-6-13(16(19)20)10(7-11)8-21-12-4-1-9(2-5-12)14(17)18/h1-7H,8H2,(H,17,18). The van der Waals surface area contributed by atoms with E-state index in [2.05, 4.69) is 0 Å². The number of carboxylic acids is 1. The number of benzene rings is 2. The summed E-state index contributed by atoms with van der Waals surface area (Å²) in [5.41, 5.74) is 0.752. The lowest BCUT2D eigenvalue weighted by molar-refractivity contribution is -0.385. The second kappa shape index (κ2) is 6.60. The van der Waals surface area contributed by atoms with Gasteiger partial charge in [-0.1, -0.05) is 11.6 Å². The first-order valence-electron chi connectivity index (χ1n) is 5.86. The van der Waals surface area contributed by atoms with Gasteiger partial charge in [0, 0.05) is 27.3 Å². The first-order valence-corrected chi connectivity index (χ1v) is 7.22. The Morgan fingerprint density at radius 1 is 1.24 bits per heavy atom. The van der Waals surface area contributed by atoms with Crippen LogP contribution >= 0.6 is 23.4 Å². The Labute approximate surface area is 129 Å². The molecule has 5 nitrogen and oxygen atoms in total. The van der Waals surface area contributed by atoms with Crippen molar-refractivity contribution < 1.29 is 14.8 Å². The van der Waals surface area contributed by atoms with Crippen LogP contribution in [0.1, 0.15) is 15.9 Å². The molecule has 0 bridgehead atoms. The van der Waals surface area contributed by atoms with Crippen molar-refractivity contribution in [2.45, 2.75) is 10.6 Å². The van der Waals surface area contributed by atoms with Gasteiger partial charge in [0.15, 0.2) is 0 Å². The Morgan fingerprint density at radius 2 is 1.90 bits per heavy atom. The van der Waals surface area contributed by atoms with E-state index in [0.717, 1.165) is 4.90 Å². The van der Waals surface area contributed by atoms with E-state index in [1.165, 1.54) is 36.0 Å². The predicted molar refractivity (Wildman–Crippen MR) is 81.1 cm³/mol. The lowest BCUT2D eigenvalue weighted by Crippen LogP contribution is -1.95. The van der Waals surface area contributed by atoms with Gasteiger partial charge in [-0.2, -0.15) is 0 Å². The molecule has 2 aromatic rings. The predicted octanol–water partition coefficient (Wildman–Crippen LogP) is 4.24. The van der Waals surface area contributed by atoms with Crippen LogP contribution in [0.25, 0.3) is 0 Å². The van der Waals surface area contributed by atoms with Crippen LogP contribution in [0.3, 0.4) is 0 Å². The Kier molecular flexibility index (Phi) is 4.82. The van der Waals surface area contributed by atoms with Crippen LogP contribution in [0.5, 0.6) is 0 Å². The number of rotatable bonds is 5. The Bertz CT molecular complexity index is 688. The number of nitro groups is 1. The fourth-order valence-electron chi connectivity index (χ4n) is 1.70. The molecule has 0 aliphatic heterocycles. The van der Waals surface area contributed by atoms with Gasteiger partial charge in [0.1, 0.15) is 0 Å². The summed E-state index contributed by atoms with van der Waals surface area (Å²) in [7, 11) is 0.